The average Bonchev–Trinajstić information content (AvgIpc) is 0.916. The van der Waals surface area contributed by atoms with E-state index >= 15 is 0 Å². The van der Waals surface area contributed by atoms with E-state index in [1.165, 1.54) is 283 Å². The second kappa shape index (κ2) is 78.3. The first kappa shape index (κ1) is 104. The van der Waals surface area contributed by atoms with Crippen LogP contribution >= 0.6 is 15.6 Å². The lowest BCUT2D eigenvalue weighted by molar-refractivity contribution is -0.161. The third kappa shape index (κ3) is 77.4. The Balaban J connectivity index is 5.24. The van der Waals surface area contributed by atoms with Crippen molar-refractivity contribution < 1.29 is 80.2 Å². The van der Waals surface area contributed by atoms with Gasteiger partial charge in [0.2, 0.25) is 0 Å². The molecule has 630 valence electrons. The van der Waals surface area contributed by atoms with E-state index < -0.39 is 97.5 Å². The number of carbonyl (C=O) groups excluding carboxylic acids is 4. The summed E-state index contributed by atoms with van der Waals surface area (Å²) in [7, 11) is -9.93. The monoisotopic (exact) mass is 1550 g/mol. The molecule has 0 aromatic carbocycles. The first-order chi connectivity index (χ1) is 51.4. The summed E-state index contributed by atoms with van der Waals surface area (Å²) in [5.74, 6) is -0.448. The summed E-state index contributed by atoms with van der Waals surface area (Å²) in [6, 6.07) is 0. The second-order valence-corrected chi connectivity index (χ2v) is 34.7. The van der Waals surface area contributed by atoms with E-state index in [2.05, 4.69) is 41.5 Å². The highest BCUT2D eigenvalue weighted by Crippen LogP contribution is 2.45. The van der Waals surface area contributed by atoms with Gasteiger partial charge in [-0.2, -0.15) is 0 Å². The summed E-state index contributed by atoms with van der Waals surface area (Å²) < 4.78 is 68.9. The van der Waals surface area contributed by atoms with Crippen molar-refractivity contribution in [2.24, 2.45) is 11.8 Å². The molecule has 19 heteroatoms. The maximum atomic E-state index is 13.2. The van der Waals surface area contributed by atoms with Crippen LogP contribution in [-0.2, 0) is 65.4 Å². The number of unbranched alkanes of at least 4 members (excludes halogenated alkanes) is 54. The molecule has 0 aromatic rings. The summed E-state index contributed by atoms with van der Waals surface area (Å²) in [5.41, 5.74) is 0. The van der Waals surface area contributed by atoms with Crippen LogP contribution in [0.3, 0.4) is 0 Å². The van der Waals surface area contributed by atoms with Crippen molar-refractivity contribution in [3.8, 4) is 0 Å². The Morgan fingerprint density at radius 2 is 0.453 bits per heavy atom. The first-order valence-corrected chi connectivity index (χ1v) is 48.1. The van der Waals surface area contributed by atoms with Gasteiger partial charge in [-0.25, -0.2) is 9.13 Å². The fraction of sp³-hybridized carbons (Fsp3) is 0.954. The second-order valence-electron chi connectivity index (χ2n) is 31.8. The van der Waals surface area contributed by atoms with Crippen molar-refractivity contribution in [3.05, 3.63) is 0 Å². The predicted octanol–water partition coefficient (Wildman–Crippen LogP) is 26.6. The molecule has 0 aromatic heterocycles. The molecule has 0 saturated carbocycles. The molecule has 0 aliphatic heterocycles. The maximum absolute atomic E-state index is 13.2. The number of carbonyl (C=O) groups is 4. The number of aliphatic hydroxyl groups excluding tert-OH is 1. The van der Waals surface area contributed by atoms with Gasteiger partial charge in [0.05, 0.1) is 26.4 Å². The molecule has 0 saturated heterocycles. The van der Waals surface area contributed by atoms with Crippen LogP contribution in [0.5, 0.6) is 0 Å². The topological polar surface area (TPSA) is 237 Å². The van der Waals surface area contributed by atoms with E-state index in [4.69, 9.17) is 37.0 Å². The number of hydrogen-bond acceptors (Lipinski definition) is 15. The summed E-state index contributed by atoms with van der Waals surface area (Å²) in [6.45, 7) is 9.75. The van der Waals surface area contributed by atoms with Gasteiger partial charge >= 0.3 is 39.5 Å². The molecule has 0 fully saturated rings. The Morgan fingerprint density at radius 3 is 0.670 bits per heavy atom. The molecular formula is C87H170O17P2. The minimum atomic E-state index is -4.97. The SMILES string of the molecule is CCCCCCCCCCCCCCCCCCCCCCCCC(=O)O[C@H](COC(=O)CCCCCCCCCCCCCCCCC(C)CC)COP(=O)(O)OC[C@@H](O)COP(=O)(O)OC[C@@H](COC(=O)CCCCCCCCCCCCCC)OC(=O)CCCCCCCCCCCCC(C)CC. The third-order valence-corrected chi connectivity index (χ3v) is 23.1. The van der Waals surface area contributed by atoms with E-state index in [9.17, 15) is 43.2 Å². The van der Waals surface area contributed by atoms with Crippen molar-refractivity contribution in [1.82, 2.24) is 0 Å². The molecule has 4 unspecified atom stereocenters. The largest absolute Gasteiger partial charge is 0.472 e. The Morgan fingerprint density at radius 1 is 0.264 bits per heavy atom. The molecule has 0 bridgehead atoms. The van der Waals surface area contributed by atoms with Crippen LogP contribution in [0.1, 0.15) is 465 Å². The lowest BCUT2D eigenvalue weighted by atomic mass is 9.99. The highest BCUT2D eigenvalue weighted by molar-refractivity contribution is 7.47. The molecule has 0 aliphatic carbocycles. The Labute approximate surface area is 651 Å². The fourth-order valence-electron chi connectivity index (χ4n) is 13.5. The molecule has 0 spiro atoms. The molecular weight excluding hydrogens is 1380 g/mol. The normalized spacial score (nSPS) is 14.3. The van der Waals surface area contributed by atoms with Gasteiger partial charge in [0.25, 0.3) is 0 Å². The fourth-order valence-corrected chi connectivity index (χ4v) is 15.1. The number of aliphatic hydroxyl groups is 1. The molecule has 0 aliphatic rings. The van der Waals surface area contributed by atoms with E-state index in [0.29, 0.717) is 25.7 Å². The zero-order chi connectivity index (χ0) is 77.8. The van der Waals surface area contributed by atoms with Gasteiger partial charge in [-0.15, -0.1) is 0 Å². The number of ether oxygens (including phenoxy) is 4. The molecule has 17 nitrogen and oxygen atoms in total. The summed E-state index contributed by atoms with van der Waals surface area (Å²) in [4.78, 5) is 73.3. The zero-order valence-electron chi connectivity index (χ0n) is 69.7. The smallest absolute Gasteiger partial charge is 0.462 e. The van der Waals surface area contributed by atoms with Gasteiger partial charge in [0.1, 0.15) is 19.3 Å². The summed E-state index contributed by atoms with van der Waals surface area (Å²) in [6.07, 6.45) is 70.7. The Hall–Kier alpha value is -1.94. The van der Waals surface area contributed by atoms with E-state index in [1.54, 1.807) is 0 Å². The van der Waals surface area contributed by atoms with Gasteiger partial charge in [-0.1, -0.05) is 414 Å². The van der Waals surface area contributed by atoms with Gasteiger partial charge < -0.3 is 33.8 Å². The van der Waals surface area contributed by atoms with Gasteiger partial charge in [-0.05, 0) is 37.5 Å². The predicted molar refractivity (Wildman–Crippen MR) is 437 cm³/mol. The lowest BCUT2D eigenvalue weighted by Gasteiger charge is -2.21. The quantitative estimate of drug-likeness (QED) is 0.0222. The molecule has 106 heavy (non-hydrogen) atoms. The standard InChI is InChI=1S/C87H170O17P2/c1-7-11-13-15-17-19-21-23-24-25-26-27-28-29-30-31-36-40-47-53-59-65-71-86(91)103-82(75-98-85(90)70-64-58-52-46-39-35-33-32-34-37-43-49-55-61-67-79(5)9-3)77-101-105(93,94)99-73-81(88)74-100-106(95,96)102-78-83(76-97-84(89)69-63-57-51-45-38-22-20-18-16-14-12-8-2)104-87(92)72-66-60-54-48-42-41-44-50-56-62-68-80(6)10-4/h79-83,88H,7-78H2,1-6H3,(H,93,94)(H,95,96)/t79?,80?,81-,82-,83-/m1/s1. The number of rotatable bonds is 86. The lowest BCUT2D eigenvalue weighted by Crippen LogP contribution is -2.30. The van der Waals surface area contributed by atoms with Crippen LogP contribution in [0.25, 0.3) is 0 Å². The molecule has 3 N–H and O–H groups in total. The summed E-state index contributed by atoms with van der Waals surface area (Å²) in [5, 5.41) is 10.7. The zero-order valence-corrected chi connectivity index (χ0v) is 71.5. The molecule has 7 atom stereocenters. The highest BCUT2D eigenvalue weighted by atomic mass is 31.2. The minimum Gasteiger partial charge on any atom is -0.462 e. The van der Waals surface area contributed by atoms with Crippen molar-refractivity contribution >= 4 is 39.5 Å². The Kier molecular flexibility index (Phi) is 76.9. The molecule has 0 radical (unpaired) electrons. The Bertz CT molecular complexity index is 2030. The van der Waals surface area contributed by atoms with Crippen LogP contribution in [0.15, 0.2) is 0 Å². The maximum Gasteiger partial charge on any atom is 0.472 e. The molecule has 0 heterocycles. The highest BCUT2D eigenvalue weighted by Gasteiger charge is 2.30. The number of phosphoric acid groups is 2. The summed E-state index contributed by atoms with van der Waals surface area (Å²) >= 11 is 0. The van der Waals surface area contributed by atoms with Crippen molar-refractivity contribution in [3.63, 3.8) is 0 Å². The van der Waals surface area contributed by atoms with Gasteiger partial charge in [0, 0.05) is 25.7 Å². The van der Waals surface area contributed by atoms with Crippen molar-refractivity contribution in [2.45, 2.75) is 484 Å². The van der Waals surface area contributed by atoms with Crippen LogP contribution in [0.4, 0.5) is 0 Å². The minimum absolute atomic E-state index is 0.107. The van der Waals surface area contributed by atoms with E-state index in [-0.39, 0.29) is 25.7 Å². The molecule has 0 amide bonds. The van der Waals surface area contributed by atoms with Crippen LogP contribution < -0.4 is 0 Å². The molecule has 0 rings (SSSR count). The van der Waals surface area contributed by atoms with Gasteiger partial charge in [-0.3, -0.25) is 37.3 Å². The average molecular weight is 1550 g/mol. The van der Waals surface area contributed by atoms with E-state index in [0.717, 1.165) is 102 Å². The number of esters is 4. The van der Waals surface area contributed by atoms with Crippen molar-refractivity contribution in [2.75, 3.05) is 39.6 Å². The van der Waals surface area contributed by atoms with Crippen molar-refractivity contribution in [1.29, 1.82) is 0 Å². The van der Waals surface area contributed by atoms with Gasteiger partial charge in [0.15, 0.2) is 12.2 Å². The first-order valence-electron chi connectivity index (χ1n) is 45.1. The van der Waals surface area contributed by atoms with Crippen LogP contribution in [0.2, 0.25) is 0 Å². The number of phosphoric ester groups is 2. The number of hydrogen-bond donors (Lipinski definition) is 3. The van der Waals surface area contributed by atoms with E-state index in [1.807, 2.05) is 0 Å². The van der Waals surface area contributed by atoms with Crippen LogP contribution in [0, 0.1) is 11.8 Å². The third-order valence-electron chi connectivity index (χ3n) is 21.2. The van der Waals surface area contributed by atoms with Crippen LogP contribution in [-0.4, -0.2) is 96.7 Å².